The van der Waals surface area contributed by atoms with Crippen LogP contribution in [0.1, 0.15) is 16.7 Å². The number of aryl methyl sites for hydroxylation is 1. The molecule has 0 aliphatic rings. The van der Waals surface area contributed by atoms with Crippen LogP contribution in [0.2, 0.25) is 0 Å². The van der Waals surface area contributed by atoms with Gasteiger partial charge in [0, 0.05) is 18.0 Å². The first-order chi connectivity index (χ1) is 8.74. The van der Waals surface area contributed by atoms with E-state index < -0.39 is 0 Å². The maximum absolute atomic E-state index is 10.2. The Morgan fingerprint density at radius 1 is 1.22 bits per heavy atom. The van der Waals surface area contributed by atoms with E-state index in [-0.39, 0.29) is 11.3 Å². The summed E-state index contributed by atoms with van der Waals surface area (Å²) in [5, 5.41) is 19.4. The van der Waals surface area contributed by atoms with Crippen molar-refractivity contribution in [3.05, 3.63) is 65.5 Å². The summed E-state index contributed by atoms with van der Waals surface area (Å²) < 4.78 is 0. The summed E-state index contributed by atoms with van der Waals surface area (Å²) in [7, 11) is 0. The lowest BCUT2D eigenvalue weighted by Gasteiger charge is -2.07. The standard InChI is InChI=1S/C15H12N2O/c1-11-7-8-17-10-14(11)15(18)13(9-16)12-5-3-2-4-6-12/h2-8,10,18H,1H3/b15-13+. The number of pyridine rings is 1. The van der Waals surface area contributed by atoms with Gasteiger partial charge in [-0.25, -0.2) is 0 Å². The molecule has 88 valence electrons. The number of aromatic nitrogens is 1. The van der Waals surface area contributed by atoms with Gasteiger partial charge in [-0.3, -0.25) is 4.98 Å². The van der Waals surface area contributed by atoms with Gasteiger partial charge < -0.3 is 5.11 Å². The smallest absolute Gasteiger partial charge is 0.142 e. The van der Waals surface area contributed by atoms with E-state index in [0.29, 0.717) is 11.1 Å². The molecule has 0 aliphatic heterocycles. The highest BCUT2D eigenvalue weighted by molar-refractivity contribution is 5.94. The second kappa shape index (κ2) is 5.15. The Morgan fingerprint density at radius 2 is 1.94 bits per heavy atom. The van der Waals surface area contributed by atoms with E-state index in [0.717, 1.165) is 5.56 Å². The molecule has 1 aromatic carbocycles. The number of nitriles is 1. The highest BCUT2D eigenvalue weighted by Crippen LogP contribution is 2.25. The van der Waals surface area contributed by atoms with E-state index in [4.69, 9.17) is 0 Å². The number of nitrogens with zero attached hydrogens (tertiary/aromatic N) is 2. The van der Waals surface area contributed by atoms with Crippen LogP contribution in [0, 0.1) is 18.3 Å². The molecule has 0 saturated carbocycles. The zero-order valence-corrected chi connectivity index (χ0v) is 9.96. The summed E-state index contributed by atoms with van der Waals surface area (Å²) in [6.07, 6.45) is 3.21. The summed E-state index contributed by atoms with van der Waals surface area (Å²) in [6, 6.07) is 13.0. The molecule has 18 heavy (non-hydrogen) atoms. The molecular weight excluding hydrogens is 224 g/mol. The minimum absolute atomic E-state index is 0.0331. The average Bonchev–Trinajstić information content (AvgIpc) is 2.41. The van der Waals surface area contributed by atoms with E-state index in [9.17, 15) is 10.4 Å². The molecule has 0 atom stereocenters. The van der Waals surface area contributed by atoms with Crippen molar-refractivity contribution in [3.63, 3.8) is 0 Å². The van der Waals surface area contributed by atoms with Crippen molar-refractivity contribution in [2.75, 3.05) is 0 Å². The summed E-state index contributed by atoms with van der Waals surface area (Å²) in [5.74, 6) is -0.0331. The Balaban J connectivity index is 2.59. The number of rotatable bonds is 2. The number of hydrogen-bond acceptors (Lipinski definition) is 3. The summed E-state index contributed by atoms with van der Waals surface area (Å²) in [4.78, 5) is 3.97. The van der Waals surface area contributed by atoms with Crippen LogP contribution in [0.3, 0.4) is 0 Å². The van der Waals surface area contributed by atoms with E-state index in [1.807, 2.05) is 31.2 Å². The van der Waals surface area contributed by atoms with Gasteiger partial charge >= 0.3 is 0 Å². The van der Waals surface area contributed by atoms with Crippen LogP contribution >= 0.6 is 0 Å². The lowest BCUT2D eigenvalue weighted by Crippen LogP contribution is -1.93. The first-order valence-electron chi connectivity index (χ1n) is 5.53. The third kappa shape index (κ3) is 2.23. The van der Waals surface area contributed by atoms with Crippen molar-refractivity contribution in [1.29, 1.82) is 5.26 Å². The Bertz CT molecular complexity index is 624. The number of aliphatic hydroxyl groups is 1. The molecule has 2 aromatic rings. The fourth-order valence-electron chi connectivity index (χ4n) is 1.71. The molecule has 0 radical (unpaired) electrons. The highest BCUT2D eigenvalue weighted by Gasteiger charge is 2.11. The van der Waals surface area contributed by atoms with Gasteiger partial charge in [-0.1, -0.05) is 30.3 Å². The molecule has 0 aliphatic carbocycles. The first kappa shape index (κ1) is 11.9. The zero-order valence-electron chi connectivity index (χ0n) is 9.96. The Labute approximate surface area is 106 Å². The fraction of sp³-hybridized carbons (Fsp3) is 0.0667. The number of benzene rings is 1. The maximum Gasteiger partial charge on any atom is 0.142 e. The fourth-order valence-corrected chi connectivity index (χ4v) is 1.71. The van der Waals surface area contributed by atoms with Gasteiger partial charge in [-0.05, 0) is 24.1 Å². The van der Waals surface area contributed by atoms with Gasteiger partial charge in [-0.15, -0.1) is 0 Å². The molecule has 2 rings (SSSR count). The molecule has 0 amide bonds. The predicted octanol–water partition coefficient (Wildman–Crippen LogP) is 3.34. The SMILES string of the molecule is Cc1ccncc1/C(O)=C(/C#N)c1ccccc1. The predicted molar refractivity (Wildman–Crippen MR) is 70.5 cm³/mol. The minimum Gasteiger partial charge on any atom is -0.506 e. The maximum atomic E-state index is 10.2. The van der Waals surface area contributed by atoms with Crippen LogP contribution in [-0.2, 0) is 0 Å². The van der Waals surface area contributed by atoms with Crippen LogP contribution in [0.15, 0.2) is 48.8 Å². The van der Waals surface area contributed by atoms with Crippen molar-refractivity contribution in [3.8, 4) is 6.07 Å². The molecule has 1 heterocycles. The molecule has 3 heteroatoms. The number of allylic oxidation sites excluding steroid dienone is 1. The zero-order chi connectivity index (χ0) is 13.0. The molecular formula is C15H12N2O. The quantitative estimate of drug-likeness (QED) is 0.642. The molecule has 0 saturated heterocycles. The third-order valence-electron chi connectivity index (χ3n) is 2.71. The molecule has 3 nitrogen and oxygen atoms in total. The normalized spacial score (nSPS) is 11.6. The van der Waals surface area contributed by atoms with Gasteiger partial charge in [0.25, 0.3) is 0 Å². The van der Waals surface area contributed by atoms with E-state index in [1.54, 1.807) is 30.6 Å². The van der Waals surface area contributed by atoms with E-state index in [1.165, 1.54) is 0 Å². The monoisotopic (exact) mass is 236 g/mol. The molecule has 1 N–H and O–H groups in total. The van der Waals surface area contributed by atoms with Crippen LogP contribution in [-0.4, -0.2) is 10.1 Å². The summed E-state index contributed by atoms with van der Waals surface area (Å²) >= 11 is 0. The van der Waals surface area contributed by atoms with Gasteiger partial charge in [0.2, 0.25) is 0 Å². The molecule has 0 bridgehead atoms. The Hall–Kier alpha value is -2.60. The lowest BCUT2D eigenvalue weighted by atomic mass is 10.0. The third-order valence-corrected chi connectivity index (χ3v) is 2.71. The summed E-state index contributed by atoms with van der Waals surface area (Å²) in [6.45, 7) is 1.87. The van der Waals surface area contributed by atoms with Crippen LogP contribution in [0.25, 0.3) is 11.3 Å². The van der Waals surface area contributed by atoms with Crippen molar-refractivity contribution >= 4 is 11.3 Å². The first-order valence-corrected chi connectivity index (χ1v) is 5.53. The van der Waals surface area contributed by atoms with Gasteiger partial charge in [0.05, 0.1) is 0 Å². The second-order valence-electron chi connectivity index (χ2n) is 3.89. The van der Waals surface area contributed by atoms with E-state index in [2.05, 4.69) is 4.98 Å². The largest absolute Gasteiger partial charge is 0.506 e. The molecule has 0 unspecified atom stereocenters. The Morgan fingerprint density at radius 3 is 2.56 bits per heavy atom. The van der Waals surface area contributed by atoms with Crippen molar-refractivity contribution < 1.29 is 5.11 Å². The van der Waals surface area contributed by atoms with Gasteiger partial charge in [0.15, 0.2) is 0 Å². The summed E-state index contributed by atoms with van der Waals surface area (Å²) in [5.41, 5.74) is 2.41. The van der Waals surface area contributed by atoms with Crippen molar-refractivity contribution in [2.24, 2.45) is 0 Å². The van der Waals surface area contributed by atoms with Crippen LogP contribution < -0.4 is 0 Å². The second-order valence-corrected chi connectivity index (χ2v) is 3.89. The highest BCUT2D eigenvalue weighted by atomic mass is 16.3. The number of aliphatic hydroxyl groups excluding tert-OH is 1. The van der Waals surface area contributed by atoms with Gasteiger partial charge in [0.1, 0.15) is 17.4 Å². The van der Waals surface area contributed by atoms with Gasteiger partial charge in [-0.2, -0.15) is 5.26 Å². The van der Waals surface area contributed by atoms with Crippen LogP contribution in [0.4, 0.5) is 0 Å². The Kier molecular flexibility index (Phi) is 3.40. The minimum atomic E-state index is -0.0331. The number of hydrogen-bond donors (Lipinski definition) is 1. The average molecular weight is 236 g/mol. The molecule has 1 aromatic heterocycles. The van der Waals surface area contributed by atoms with Crippen molar-refractivity contribution in [1.82, 2.24) is 4.98 Å². The van der Waals surface area contributed by atoms with Crippen molar-refractivity contribution in [2.45, 2.75) is 6.92 Å². The van der Waals surface area contributed by atoms with E-state index >= 15 is 0 Å². The topological polar surface area (TPSA) is 56.9 Å². The molecule has 0 fully saturated rings. The lowest BCUT2D eigenvalue weighted by molar-refractivity contribution is 0.513. The van der Waals surface area contributed by atoms with Crippen LogP contribution in [0.5, 0.6) is 0 Å². The molecule has 0 spiro atoms.